The Hall–Kier alpha value is -3.55. The minimum absolute atomic E-state index is 0.00592. The number of carbonyl (C=O) groups excluding carboxylic acids is 1. The van der Waals surface area contributed by atoms with E-state index in [0.717, 1.165) is 5.56 Å². The fourth-order valence-electron chi connectivity index (χ4n) is 3.03. The van der Waals surface area contributed by atoms with Crippen LogP contribution in [0.15, 0.2) is 47.0 Å². The number of methoxy groups -OCH3 is 3. The van der Waals surface area contributed by atoms with E-state index in [0.29, 0.717) is 47.5 Å². The van der Waals surface area contributed by atoms with E-state index in [2.05, 4.69) is 10.1 Å². The number of hydrogen-bond acceptors (Lipinski definition) is 7. The Balaban J connectivity index is 1.66. The van der Waals surface area contributed by atoms with E-state index in [-0.39, 0.29) is 12.3 Å². The van der Waals surface area contributed by atoms with Gasteiger partial charge in [0.05, 0.1) is 21.3 Å². The van der Waals surface area contributed by atoms with Gasteiger partial charge in [0.15, 0.2) is 11.5 Å². The van der Waals surface area contributed by atoms with Crippen molar-refractivity contribution in [1.29, 1.82) is 0 Å². The summed E-state index contributed by atoms with van der Waals surface area (Å²) in [4.78, 5) is 18.5. The van der Waals surface area contributed by atoms with Crippen LogP contribution < -0.4 is 14.2 Å². The van der Waals surface area contributed by atoms with Crippen molar-refractivity contribution < 1.29 is 23.5 Å². The van der Waals surface area contributed by atoms with Crippen molar-refractivity contribution in [3.8, 4) is 28.6 Å². The Morgan fingerprint density at radius 2 is 1.70 bits per heavy atom. The Morgan fingerprint density at radius 1 is 1.03 bits per heavy atom. The van der Waals surface area contributed by atoms with Crippen molar-refractivity contribution in [2.24, 2.45) is 0 Å². The van der Waals surface area contributed by atoms with Gasteiger partial charge in [0.25, 0.3) is 0 Å². The summed E-state index contributed by atoms with van der Waals surface area (Å²) in [6.07, 6.45) is 0.635. The van der Waals surface area contributed by atoms with Crippen LogP contribution in [0.3, 0.4) is 0 Å². The van der Waals surface area contributed by atoms with Crippen molar-refractivity contribution in [2.75, 3.05) is 28.4 Å². The van der Waals surface area contributed by atoms with E-state index in [9.17, 15) is 4.79 Å². The monoisotopic (exact) mass is 411 g/mol. The highest BCUT2D eigenvalue weighted by atomic mass is 16.5. The quantitative estimate of drug-likeness (QED) is 0.534. The van der Waals surface area contributed by atoms with Crippen molar-refractivity contribution >= 4 is 5.91 Å². The lowest BCUT2D eigenvalue weighted by Crippen LogP contribution is -2.26. The normalized spacial score (nSPS) is 10.5. The number of rotatable bonds is 9. The third kappa shape index (κ3) is 4.89. The Labute approximate surface area is 175 Å². The molecule has 0 aliphatic heterocycles. The van der Waals surface area contributed by atoms with Crippen LogP contribution in [0.1, 0.15) is 17.9 Å². The molecule has 8 nitrogen and oxygen atoms in total. The summed E-state index contributed by atoms with van der Waals surface area (Å²) in [7, 11) is 6.41. The highest BCUT2D eigenvalue weighted by Gasteiger charge is 2.18. The lowest BCUT2D eigenvalue weighted by Gasteiger charge is -2.16. The first-order valence-corrected chi connectivity index (χ1v) is 9.46. The van der Waals surface area contributed by atoms with Gasteiger partial charge < -0.3 is 23.6 Å². The Bertz CT molecular complexity index is 962. The second kappa shape index (κ2) is 9.78. The summed E-state index contributed by atoms with van der Waals surface area (Å²) in [6, 6.07) is 13.3. The van der Waals surface area contributed by atoms with Gasteiger partial charge >= 0.3 is 0 Å². The van der Waals surface area contributed by atoms with Gasteiger partial charge in [-0.25, -0.2) is 0 Å². The zero-order chi connectivity index (χ0) is 21.5. The maximum Gasteiger partial charge on any atom is 0.227 e. The fourth-order valence-corrected chi connectivity index (χ4v) is 3.03. The molecule has 0 atom stereocenters. The molecule has 158 valence electrons. The summed E-state index contributed by atoms with van der Waals surface area (Å²) in [5, 5.41) is 4.02. The minimum atomic E-state index is 0.00592. The van der Waals surface area contributed by atoms with Crippen LogP contribution in [0.5, 0.6) is 17.2 Å². The third-order valence-corrected chi connectivity index (χ3v) is 4.63. The summed E-state index contributed by atoms with van der Waals surface area (Å²) in [5.74, 6) is 2.26. The zero-order valence-corrected chi connectivity index (χ0v) is 17.5. The number of aryl methyl sites for hydroxylation is 1. The largest absolute Gasteiger partial charge is 0.493 e. The zero-order valence-electron chi connectivity index (χ0n) is 17.5. The molecule has 0 saturated heterocycles. The molecule has 3 aromatic rings. The molecule has 0 spiro atoms. The van der Waals surface area contributed by atoms with Crippen molar-refractivity contribution in [2.45, 2.75) is 19.4 Å². The molecule has 1 aromatic heterocycles. The molecule has 8 heteroatoms. The van der Waals surface area contributed by atoms with Crippen LogP contribution in [0.2, 0.25) is 0 Å². The molecule has 0 radical (unpaired) electrons. The van der Waals surface area contributed by atoms with Crippen LogP contribution in [0.4, 0.5) is 0 Å². The van der Waals surface area contributed by atoms with E-state index < -0.39 is 0 Å². The molecular formula is C22H25N3O5. The minimum Gasteiger partial charge on any atom is -0.493 e. The molecule has 1 heterocycles. The molecule has 0 fully saturated rings. The Morgan fingerprint density at radius 3 is 2.30 bits per heavy atom. The molecule has 0 N–H and O–H groups in total. The molecule has 0 unspecified atom stereocenters. The number of hydrogen-bond donors (Lipinski definition) is 0. The average molecular weight is 411 g/mol. The van der Waals surface area contributed by atoms with Gasteiger partial charge in [-0.1, -0.05) is 35.5 Å². The van der Waals surface area contributed by atoms with Crippen molar-refractivity contribution in [1.82, 2.24) is 15.0 Å². The number of carbonyl (C=O) groups is 1. The Kier molecular flexibility index (Phi) is 6.90. The molecule has 0 bridgehead atoms. The summed E-state index contributed by atoms with van der Waals surface area (Å²) in [5.41, 5.74) is 1.74. The smallest absolute Gasteiger partial charge is 0.227 e. The fraction of sp³-hybridized carbons (Fsp3) is 0.318. The molecule has 0 aliphatic carbocycles. The van der Waals surface area contributed by atoms with E-state index in [4.69, 9.17) is 18.7 Å². The van der Waals surface area contributed by atoms with Crippen LogP contribution in [-0.4, -0.2) is 49.3 Å². The lowest BCUT2D eigenvalue weighted by atomic mass is 10.1. The van der Waals surface area contributed by atoms with Crippen LogP contribution in [0, 0.1) is 0 Å². The highest BCUT2D eigenvalue weighted by molar-refractivity contribution is 5.76. The number of ether oxygens (including phenoxy) is 3. The van der Waals surface area contributed by atoms with Gasteiger partial charge in [-0.05, 0) is 17.7 Å². The second-order valence-corrected chi connectivity index (χ2v) is 6.66. The average Bonchev–Trinajstić information content (AvgIpc) is 3.26. The summed E-state index contributed by atoms with van der Waals surface area (Å²) >= 11 is 0. The van der Waals surface area contributed by atoms with Crippen molar-refractivity contribution in [3.05, 3.63) is 53.9 Å². The summed E-state index contributed by atoms with van der Waals surface area (Å²) in [6.45, 7) is 0.556. The predicted molar refractivity (Wildman–Crippen MR) is 111 cm³/mol. The van der Waals surface area contributed by atoms with E-state index >= 15 is 0 Å². The predicted octanol–water partition coefficient (Wildman–Crippen LogP) is 3.35. The highest BCUT2D eigenvalue weighted by Crippen LogP contribution is 2.40. The molecule has 30 heavy (non-hydrogen) atoms. The second-order valence-electron chi connectivity index (χ2n) is 6.66. The van der Waals surface area contributed by atoms with E-state index in [1.54, 1.807) is 45.4 Å². The van der Waals surface area contributed by atoms with Crippen LogP contribution >= 0.6 is 0 Å². The maximum atomic E-state index is 12.4. The molecule has 0 aliphatic rings. The number of benzene rings is 2. The standard InChI is InChI=1S/C22H25N3O5/c1-25(14-15-8-6-5-7-9-15)20(26)11-10-19-23-22(24-30-19)16-12-17(27-2)21(29-4)18(13-16)28-3/h5-9,12-13H,10-11,14H2,1-4H3. The number of aromatic nitrogens is 2. The first-order valence-electron chi connectivity index (χ1n) is 9.46. The van der Waals surface area contributed by atoms with Crippen LogP contribution in [0.25, 0.3) is 11.4 Å². The van der Waals surface area contributed by atoms with Gasteiger partial charge in [-0.2, -0.15) is 4.98 Å². The van der Waals surface area contributed by atoms with Gasteiger partial charge in [0.2, 0.25) is 23.4 Å². The van der Waals surface area contributed by atoms with Gasteiger partial charge in [-0.3, -0.25) is 4.79 Å². The molecule has 0 saturated carbocycles. The molecule has 3 rings (SSSR count). The van der Waals surface area contributed by atoms with Gasteiger partial charge in [0, 0.05) is 32.0 Å². The maximum absolute atomic E-state index is 12.4. The number of nitrogens with zero attached hydrogens (tertiary/aromatic N) is 3. The van der Waals surface area contributed by atoms with Gasteiger partial charge in [0.1, 0.15) is 0 Å². The van der Waals surface area contributed by atoms with E-state index in [1.165, 1.54) is 0 Å². The van der Waals surface area contributed by atoms with E-state index in [1.807, 2.05) is 30.3 Å². The molecular weight excluding hydrogens is 386 g/mol. The molecule has 2 aromatic carbocycles. The summed E-state index contributed by atoms with van der Waals surface area (Å²) < 4.78 is 21.4. The topological polar surface area (TPSA) is 86.9 Å². The van der Waals surface area contributed by atoms with Gasteiger partial charge in [-0.15, -0.1) is 0 Å². The molecule has 1 amide bonds. The lowest BCUT2D eigenvalue weighted by molar-refractivity contribution is -0.130. The first kappa shape index (κ1) is 21.2. The SMILES string of the molecule is COc1cc(-c2noc(CCC(=O)N(C)Cc3ccccc3)n2)cc(OC)c1OC. The third-order valence-electron chi connectivity index (χ3n) is 4.63. The van der Waals surface area contributed by atoms with Crippen molar-refractivity contribution in [3.63, 3.8) is 0 Å². The first-order chi connectivity index (χ1) is 14.5. The number of amides is 1. The van der Waals surface area contributed by atoms with Crippen LogP contribution in [-0.2, 0) is 17.8 Å².